The van der Waals surface area contributed by atoms with Crippen molar-refractivity contribution >= 4 is 0 Å². The van der Waals surface area contributed by atoms with Crippen LogP contribution >= 0.6 is 0 Å². The summed E-state index contributed by atoms with van der Waals surface area (Å²) < 4.78 is 0. The van der Waals surface area contributed by atoms with E-state index in [1.165, 1.54) is 38.6 Å². The molecule has 0 spiro atoms. The standard InChI is InChI=1S/C14H19N/c1-2-7-12-11(5-1)6-3-8-13(12)14-9-4-10-15-14/h1-2,5,7,13-15H,3-4,6,8-10H2/t13-,14-/m0/s1. The topological polar surface area (TPSA) is 12.0 Å². The van der Waals surface area contributed by atoms with E-state index in [0.29, 0.717) is 0 Å². The van der Waals surface area contributed by atoms with Gasteiger partial charge in [0.05, 0.1) is 0 Å². The second-order valence-electron chi connectivity index (χ2n) is 4.90. The van der Waals surface area contributed by atoms with E-state index in [1.54, 1.807) is 11.1 Å². The van der Waals surface area contributed by atoms with E-state index in [-0.39, 0.29) is 0 Å². The Kier molecular flexibility index (Phi) is 2.49. The van der Waals surface area contributed by atoms with Gasteiger partial charge in [-0.25, -0.2) is 0 Å². The lowest BCUT2D eigenvalue weighted by atomic mass is 9.78. The van der Waals surface area contributed by atoms with Crippen LogP contribution in [0.4, 0.5) is 0 Å². The van der Waals surface area contributed by atoms with E-state index in [2.05, 4.69) is 29.6 Å². The van der Waals surface area contributed by atoms with Crippen LogP contribution in [0.2, 0.25) is 0 Å². The highest BCUT2D eigenvalue weighted by molar-refractivity contribution is 5.33. The molecule has 1 aromatic carbocycles. The average molecular weight is 201 g/mol. The monoisotopic (exact) mass is 201 g/mol. The summed E-state index contributed by atoms with van der Waals surface area (Å²) in [5.41, 5.74) is 3.23. The maximum absolute atomic E-state index is 3.67. The third kappa shape index (κ3) is 1.69. The lowest BCUT2D eigenvalue weighted by Gasteiger charge is -2.30. The maximum Gasteiger partial charge on any atom is 0.0136 e. The molecule has 1 fully saturated rings. The summed E-state index contributed by atoms with van der Waals surface area (Å²) in [6, 6.07) is 9.80. The number of hydrogen-bond donors (Lipinski definition) is 1. The van der Waals surface area contributed by atoms with Crippen molar-refractivity contribution in [1.82, 2.24) is 5.32 Å². The molecule has 0 aromatic heterocycles. The van der Waals surface area contributed by atoms with Gasteiger partial charge >= 0.3 is 0 Å². The van der Waals surface area contributed by atoms with Crippen molar-refractivity contribution in [3.63, 3.8) is 0 Å². The molecule has 2 atom stereocenters. The molecule has 1 aliphatic heterocycles. The molecule has 1 aromatic rings. The molecule has 1 N–H and O–H groups in total. The lowest BCUT2D eigenvalue weighted by molar-refractivity contribution is 0.432. The third-order valence-electron chi connectivity index (χ3n) is 4.00. The molecule has 0 bridgehead atoms. The summed E-state index contributed by atoms with van der Waals surface area (Å²) in [4.78, 5) is 0. The molecule has 1 aliphatic carbocycles. The molecule has 2 aliphatic rings. The average Bonchev–Trinajstić information content (AvgIpc) is 2.82. The predicted molar refractivity (Wildman–Crippen MR) is 63.1 cm³/mol. The smallest absolute Gasteiger partial charge is 0.0136 e. The van der Waals surface area contributed by atoms with E-state index in [1.807, 2.05) is 0 Å². The number of nitrogens with one attached hydrogen (secondary N) is 1. The first kappa shape index (κ1) is 9.41. The molecule has 0 saturated carbocycles. The molecule has 0 unspecified atom stereocenters. The maximum atomic E-state index is 3.67. The van der Waals surface area contributed by atoms with Gasteiger partial charge in [-0.05, 0) is 55.7 Å². The van der Waals surface area contributed by atoms with Gasteiger partial charge in [-0.1, -0.05) is 24.3 Å². The van der Waals surface area contributed by atoms with Crippen LogP contribution in [0.25, 0.3) is 0 Å². The van der Waals surface area contributed by atoms with Crippen molar-refractivity contribution in [3.05, 3.63) is 35.4 Å². The molecular weight excluding hydrogens is 182 g/mol. The van der Waals surface area contributed by atoms with Gasteiger partial charge in [0.1, 0.15) is 0 Å². The van der Waals surface area contributed by atoms with Crippen LogP contribution in [0.15, 0.2) is 24.3 Å². The van der Waals surface area contributed by atoms with Crippen LogP contribution in [0.1, 0.15) is 42.7 Å². The Labute approximate surface area is 91.9 Å². The van der Waals surface area contributed by atoms with Gasteiger partial charge in [0.25, 0.3) is 0 Å². The zero-order valence-corrected chi connectivity index (χ0v) is 9.21. The third-order valence-corrected chi connectivity index (χ3v) is 4.00. The Hall–Kier alpha value is -0.820. The fraction of sp³-hybridized carbons (Fsp3) is 0.571. The fourth-order valence-corrected chi connectivity index (χ4v) is 3.26. The predicted octanol–water partition coefficient (Wildman–Crippen LogP) is 2.86. The first-order valence-corrected chi connectivity index (χ1v) is 6.26. The molecule has 0 radical (unpaired) electrons. The van der Waals surface area contributed by atoms with Crippen LogP contribution in [-0.2, 0) is 6.42 Å². The lowest BCUT2D eigenvalue weighted by Crippen LogP contribution is -2.31. The molecule has 1 heteroatoms. The highest BCUT2D eigenvalue weighted by Crippen LogP contribution is 2.36. The van der Waals surface area contributed by atoms with Gasteiger partial charge in [-0.3, -0.25) is 0 Å². The second kappa shape index (κ2) is 3.97. The van der Waals surface area contributed by atoms with E-state index < -0.39 is 0 Å². The summed E-state index contributed by atoms with van der Waals surface area (Å²) in [5, 5.41) is 3.67. The fourth-order valence-electron chi connectivity index (χ4n) is 3.26. The van der Waals surface area contributed by atoms with Gasteiger partial charge in [0.2, 0.25) is 0 Å². The van der Waals surface area contributed by atoms with Crippen LogP contribution < -0.4 is 5.32 Å². The zero-order chi connectivity index (χ0) is 10.1. The van der Waals surface area contributed by atoms with E-state index in [9.17, 15) is 0 Å². The summed E-state index contributed by atoms with van der Waals surface area (Å²) in [5.74, 6) is 0.789. The van der Waals surface area contributed by atoms with Crippen molar-refractivity contribution in [3.8, 4) is 0 Å². The van der Waals surface area contributed by atoms with Crippen molar-refractivity contribution in [2.24, 2.45) is 0 Å². The van der Waals surface area contributed by atoms with Gasteiger partial charge < -0.3 is 5.32 Å². The summed E-state index contributed by atoms with van der Waals surface area (Å²) in [6.07, 6.45) is 6.79. The van der Waals surface area contributed by atoms with Gasteiger partial charge in [-0.2, -0.15) is 0 Å². The molecule has 1 nitrogen and oxygen atoms in total. The van der Waals surface area contributed by atoms with E-state index >= 15 is 0 Å². The van der Waals surface area contributed by atoms with Crippen molar-refractivity contribution in [2.75, 3.05) is 6.54 Å². The van der Waals surface area contributed by atoms with Crippen LogP contribution in [-0.4, -0.2) is 12.6 Å². The Morgan fingerprint density at radius 1 is 1.07 bits per heavy atom. The quantitative estimate of drug-likeness (QED) is 0.736. The summed E-state index contributed by atoms with van der Waals surface area (Å²) in [6.45, 7) is 1.23. The molecule has 3 rings (SSSR count). The zero-order valence-electron chi connectivity index (χ0n) is 9.21. The molecule has 1 saturated heterocycles. The van der Waals surface area contributed by atoms with Crippen LogP contribution in [0.3, 0.4) is 0 Å². The SMILES string of the molecule is c1ccc2c(c1)CCC[C@@H]2[C@@H]1CCCN1. The minimum Gasteiger partial charge on any atom is -0.313 e. The highest BCUT2D eigenvalue weighted by Gasteiger charge is 2.29. The molecule has 80 valence electrons. The number of benzene rings is 1. The largest absolute Gasteiger partial charge is 0.313 e. The van der Waals surface area contributed by atoms with Crippen molar-refractivity contribution < 1.29 is 0 Å². The molecule has 15 heavy (non-hydrogen) atoms. The van der Waals surface area contributed by atoms with Gasteiger partial charge in [-0.15, -0.1) is 0 Å². The normalized spacial score (nSPS) is 30.1. The van der Waals surface area contributed by atoms with E-state index in [0.717, 1.165) is 12.0 Å². The van der Waals surface area contributed by atoms with Crippen LogP contribution in [0.5, 0.6) is 0 Å². The molecule has 0 amide bonds. The van der Waals surface area contributed by atoms with Gasteiger partial charge in [0, 0.05) is 6.04 Å². The molecule has 1 heterocycles. The summed E-state index contributed by atoms with van der Waals surface area (Å²) in [7, 11) is 0. The number of fused-ring (bicyclic) bond motifs is 1. The Morgan fingerprint density at radius 3 is 2.87 bits per heavy atom. The minimum absolute atomic E-state index is 0.756. The first-order chi connectivity index (χ1) is 7.45. The number of hydrogen-bond acceptors (Lipinski definition) is 1. The first-order valence-electron chi connectivity index (χ1n) is 6.26. The summed E-state index contributed by atoms with van der Waals surface area (Å²) >= 11 is 0. The highest BCUT2D eigenvalue weighted by atomic mass is 14.9. The van der Waals surface area contributed by atoms with Crippen molar-refractivity contribution in [1.29, 1.82) is 0 Å². The van der Waals surface area contributed by atoms with E-state index in [4.69, 9.17) is 0 Å². The minimum atomic E-state index is 0.756. The Bertz CT molecular complexity index is 339. The Balaban J connectivity index is 1.91. The second-order valence-corrected chi connectivity index (χ2v) is 4.90. The Morgan fingerprint density at radius 2 is 2.00 bits per heavy atom. The van der Waals surface area contributed by atoms with Crippen LogP contribution in [0, 0.1) is 0 Å². The molecular formula is C14H19N. The van der Waals surface area contributed by atoms with Gasteiger partial charge in [0.15, 0.2) is 0 Å². The number of rotatable bonds is 1. The number of aryl methyl sites for hydroxylation is 1. The van der Waals surface area contributed by atoms with Crippen molar-refractivity contribution in [2.45, 2.75) is 44.1 Å².